The van der Waals surface area contributed by atoms with Crippen LogP contribution >= 0.6 is 11.6 Å². The molecule has 0 aliphatic heterocycles. The lowest BCUT2D eigenvalue weighted by molar-refractivity contribution is 0.403. The highest BCUT2D eigenvalue weighted by Gasteiger charge is 2.20. The van der Waals surface area contributed by atoms with Gasteiger partial charge in [0.1, 0.15) is 10.6 Å². The Bertz CT molecular complexity index is 720. The zero-order valence-electron chi connectivity index (χ0n) is 10.3. The molecule has 20 heavy (non-hydrogen) atoms. The molecule has 1 aromatic heterocycles. The minimum Gasteiger partial charge on any atom is -0.495 e. The summed E-state index contributed by atoms with van der Waals surface area (Å²) < 4.78 is 44.4. The van der Waals surface area contributed by atoms with Crippen LogP contribution < -0.4 is 9.46 Å². The minimum atomic E-state index is -3.88. The molecule has 0 unspecified atom stereocenters. The first-order chi connectivity index (χ1) is 9.42. The van der Waals surface area contributed by atoms with Crippen molar-refractivity contribution in [3.8, 4) is 5.75 Å². The molecular weight excluding hydrogens is 307 g/mol. The van der Waals surface area contributed by atoms with E-state index in [1.54, 1.807) is 0 Å². The summed E-state index contributed by atoms with van der Waals surface area (Å²) >= 11 is 5.78. The fourth-order valence-corrected chi connectivity index (χ4v) is 2.87. The number of hydrogen-bond donors (Lipinski definition) is 1. The molecule has 0 radical (unpaired) electrons. The van der Waals surface area contributed by atoms with Gasteiger partial charge in [0, 0.05) is 11.1 Å². The SMILES string of the molecule is COc1cc(Cl)ccc1S(=O)(=O)Nc1ccc(F)nc1. The number of methoxy groups -OCH3 is 1. The number of halogens is 2. The predicted molar refractivity (Wildman–Crippen MR) is 73.0 cm³/mol. The second-order valence-corrected chi connectivity index (χ2v) is 5.86. The maximum Gasteiger partial charge on any atom is 0.265 e. The number of nitrogens with one attached hydrogen (secondary N) is 1. The third-order valence-corrected chi connectivity index (χ3v) is 4.05. The van der Waals surface area contributed by atoms with E-state index in [0.717, 1.165) is 12.3 Å². The molecule has 0 aliphatic rings. The van der Waals surface area contributed by atoms with E-state index in [2.05, 4.69) is 9.71 Å². The molecule has 2 aromatic rings. The predicted octanol–water partition coefficient (Wildman–Crippen LogP) is 2.68. The standard InChI is InChI=1S/C12H10ClFN2O3S/c1-19-10-6-8(13)2-4-11(10)20(17,18)16-9-3-5-12(14)15-7-9/h2-7,16H,1H3. The number of rotatable bonds is 4. The van der Waals surface area contributed by atoms with Crippen molar-refractivity contribution >= 4 is 27.3 Å². The molecule has 0 amide bonds. The highest BCUT2D eigenvalue weighted by molar-refractivity contribution is 7.92. The third-order valence-electron chi connectivity index (χ3n) is 2.39. The van der Waals surface area contributed by atoms with Crippen molar-refractivity contribution in [1.82, 2.24) is 4.98 Å². The normalized spacial score (nSPS) is 11.2. The smallest absolute Gasteiger partial charge is 0.265 e. The van der Waals surface area contributed by atoms with E-state index < -0.39 is 16.0 Å². The highest BCUT2D eigenvalue weighted by atomic mass is 35.5. The van der Waals surface area contributed by atoms with Crippen molar-refractivity contribution in [3.63, 3.8) is 0 Å². The van der Waals surface area contributed by atoms with Gasteiger partial charge in [-0.15, -0.1) is 0 Å². The van der Waals surface area contributed by atoms with Gasteiger partial charge in [-0.3, -0.25) is 4.72 Å². The second-order valence-electron chi connectivity index (χ2n) is 3.77. The molecule has 0 saturated carbocycles. The van der Waals surface area contributed by atoms with Crippen molar-refractivity contribution in [3.05, 3.63) is 47.5 Å². The molecule has 0 saturated heterocycles. The molecule has 5 nitrogen and oxygen atoms in total. The van der Waals surface area contributed by atoms with E-state index >= 15 is 0 Å². The Balaban J connectivity index is 2.38. The van der Waals surface area contributed by atoms with Crippen LogP contribution in [-0.4, -0.2) is 20.5 Å². The van der Waals surface area contributed by atoms with Gasteiger partial charge < -0.3 is 4.74 Å². The fraction of sp³-hybridized carbons (Fsp3) is 0.0833. The van der Waals surface area contributed by atoms with Crippen LogP contribution in [0, 0.1) is 5.95 Å². The summed E-state index contributed by atoms with van der Waals surface area (Å²) in [7, 11) is -2.54. The molecule has 1 N–H and O–H groups in total. The Morgan fingerprint density at radius 3 is 2.65 bits per heavy atom. The Morgan fingerprint density at radius 1 is 1.30 bits per heavy atom. The maximum absolute atomic E-state index is 12.7. The van der Waals surface area contributed by atoms with Crippen LogP contribution in [0.15, 0.2) is 41.4 Å². The summed E-state index contributed by atoms with van der Waals surface area (Å²) in [5.41, 5.74) is 0.142. The number of ether oxygens (including phenoxy) is 1. The Kier molecular flexibility index (Phi) is 4.10. The number of anilines is 1. The van der Waals surface area contributed by atoms with Crippen molar-refractivity contribution in [1.29, 1.82) is 0 Å². The van der Waals surface area contributed by atoms with Gasteiger partial charge in [0.15, 0.2) is 0 Å². The van der Waals surface area contributed by atoms with E-state index in [0.29, 0.717) is 5.02 Å². The average molecular weight is 317 g/mol. The third kappa shape index (κ3) is 3.17. The molecule has 106 valence electrons. The molecule has 2 rings (SSSR count). The first kappa shape index (κ1) is 14.5. The topological polar surface area (TPSA) is 68.3 Å². The quantitative estimate of drug-likeness (QED) is 0.881. The number of aromatic nitrogens is 1. The number of sulfonamides is 1. The summed E-state index contributed by atoms with van der Waals surface area (Å²) in [6.45, 7) is 0. The Hall–Kier alpha value is -1.86. The van der Waals surface area contributed by atoms with Gasteiger partial charge >= 0.3 is 0 Å². The van der Waals surface area contributed by atoms with Crippen LogP contribution in [0.25, 0.3) is 0 Å². The monoisotopic (exact) mass is 316 g/mol. The molecular formula is C12H10ClFN2O3S. The van der Waals surface area contributed by atoms with E-state index in [9.17, 15) is 12.8 Å². The molecule has 0 aliphatic carbocycles. The van der Waals surface area contributed by atoms with E-state index in [-0.39, 0.29) is 16.3 Å². The summed E-state index contributed by atoms with van der Waals surface area (Å²) in [4.78, 5) is 3.29. The molecule has 0 bridgehead atoms. The number of benzene rings is 1. The number of hydrogen-bond acceptors (Lipinski definition) is 4. The number of pyridine rings is 1. The van der Waals surface area contributed by atoms with Crippen molar-refractivity contribution < 1.29 is 17.5 Å². The van der Waals surface area contributed by atoms with Crippen molar-refractivity contribution in [2.75, 3.05) is 11.8 Å². The van der Waals surface area contributed by atoms with E-state index in [1.165, 1.54) is 31.4 Å². The van der Waals surface area contributed by atoms with Crippen LogP contribution in [0.1, 0.15) is 0 Å². The van der Waals surface area contributed by atoms with Gasteiger partial charge in [-0.25, -0.2) is 13.4 Å². The van der Waals surface area contributed by atoms with Gasteiger partial charge in [-0.1, -0.05) is 11.6 Å². The van der Waals surface area contributed by atoms with Crippen LogP contribution in [0.4, 0.5) is 10.1 Å². The average Bonchev–Trinajstić information content (AvgIpc) is 2.40. The molecule has 0 spiro atoms. The first-order valence-corrected chi connectivity index (χ1v) is 7.26. The molecule has 1 heterocycles. The van der Waals surface area contributed by atoms with E-state index in [1.807, 2.05) is 0 Å². The van der Waals surface area contributed by atoms with Gasteiger partial charge in [0.25, 0.3) is 10.0 Å². The zero-order valence-corrected chi connectivity index (χ0v) is 11.9. The molecule has 0 atom stereocenters. The highest BCUT2D eigenvalue weighted by Crippen LogP contribution is 2.28. The summed E-state index contributed by atoms with van der Waals surface area (Å²) in [6, 6.07) is 6.46. The van der Waals surface area contributed by atoms with Crippen LogP contribution in [-0.2, 0) is 10.0 Å². The van der Waals surface area contributed by atoms with Gasteiger partial charge in [-0.05, 0) is 24.3 Å². The van der Waals surface area contributed by atoms with Crippen molar-refractivity contribution in [2.24, 2.45) is 0 Å². The van der Waals surface area contributed by atoms with Gasteiger partial charge in [0.2, 0.25) is 5.95 Å². The fourth-order valence-electron chi connectivity index (χ4n) is 1.51. The van der Waals surface area contributed by atoms with Gasteiger partial charge in [0.05, 0.1) is 19.0 Å². The van der Waals surface area contributed by atoms with E-state index in [4.69, 9.17) is 16.3 Å². The zero-order chi connectivity index (χ0) is 14.8. The van der Waals surface area contributed by atoms with Crippen LogP contribution in [0.3, 0.4) is 0 Å². The molecule has 8 heteroatoms. The molecule has 1 aromatic carbocycles. The summed E-state index contributed by atoms with van der Waals surface area (Å²) in [5.74, 6) is -0.586. The number of nitrogens with zero attached hydrogens (tertiary/aromatic N) is 1. The van der Waals surface area contributed by atoms with Gasteiger partial charge in [-0.2, -0.15) is 4.39 Å². The molecule has 0 fully saturated rings. The second kappa shape index (κ2) is 5.64. The summed E-state index contributed by atoms with van der Waals surface area (Å²) in [5, 5.41) is 0.351. The first-order valence-electron chi connectivity index (χ1n) is 5.40. The Morgan fingerprint density at radius 2 is 2.05 bits per heavy atom. The minimum absolute atomic E-state index is 0.0753. The summed E-state index contributed by atoms with van der Waals surface area (Å²) in [6.07, 6.45) is 1.08. The lowest BCUT2D eigenvalue weighted by Crippen LogP contribution is -2.14. The van der Waals surface area contributed by atoms with Crippen LogP contribution in [0.5, 0.6) is 5.75 Å². The lowest BCUT2D eigenvalue weighted by atomic mass is 10.3. The maximum atomic E-state index is 12.7. The largest absolute Gasteiger partial charge is 0.495 e. The van der Waals surface area contributed by atoms with Crippen LogP contribution in [0.2, 0.25) is 5.02 Å². The van der Waals surface area contributed by atoms with Crippen molar-refractivity contribution in [2.45, 2.75) is 4.90 Å². The Labute approximate surface area is 120 Å². The lowest BCUT2D eigenvalue weighted by Gasteiger charge is -2.11.